The lowest BCUT2D eigenvalue weighted by atomic mass is 10.2. The van der Waals surface area contributed by atoms with Crippen molar-refractivity contribution in [2.24, 2.45) is 0 Å². The maximum Gasteiger partial charge on any atom is 0.328 e. The van der Waals surface area contributed by atoms with Gasteiger partial charge in [0, 0.05) is 15.0 Å². The standard InChI is InChI=1S/C9H6Br2O2/c10-7-3-6(1-2-9(12)13)4-8(11)5-7/h1-5H,(H,12,13)/b2-1+. The van der Waals surface area contributed by atoms with Gasteiger partial charge < -0.3 is 5.11 Å². The third kappa shape index (κ3) is 3.74. The minimum absolute atomic E-state index is 0.837. The predicted octanol–water partition coefficient (Wildman–Crippen LogP) is 3.31. The minimum Gasteiger partial charge on any atom is -0.478 e. The lowest BCUT2D eigenvalue weighted by Gasteiger charge is -1.96. The number of hydrogen-bond donors (Lipinski definition) is 1. The molecule has 0 saturated carbocycles. The van der Waals surface area contributed by atoms with E-state index < -0.39 is 5.97 Å². The van der Waals surface area contributed by atoms with Crippen molar-refractivity contribution in [3.63, 3.8) is 0 Å². The van der Waals surface area contributed by atoms with Crippen molar-refractivity contribution in [1.82, 2.24) is 0 Å². The third-order valence-electron chi connectivity index (χ3n) is 1.30. The first-order valence-electron chi connectivity index (χ1n) is 3.45. The molecule has 2 nitrogen and oxygen atoms in total. The summed E-state index contributed by atoms with van der Waals surface area (Å²) in [5.74, 6) is -0.948. The normalized spacial score (nSPS) is 10.6. The van der Waals surface area contributed by atoms with E-state index in [1.165, 1.54) is 6.08 Å². The molecule has 0 unspecified atom stereocenters. The fourth-order valence-corrected chi connectivity index (χ4v) is 2.17. The molecule has 13 heavy (non-hydrogen) atoms. The summed E-state index contributed by atoms with van der Waals surface area (Å²) in [6.45, 7) is 0. The highest BCUT2D eigenvalue weighted by atomic mass is 79.9. The van der Waals surface area contributed by atoms with Crippen LogP contribution in [-0.4, -0.2) is 11.1 Å². The summed E-state index contributed by atoms with van der Waals surface area (Å²) in [7, 11) is 0. The Kier molecular flexibility index (Phi) is 3.69. The van der Waals surface area contributed by atoms with Crippen molar-refractivity contribution < 1.29 is 9.90 Å². The third-order valence-corrected chi connectivity index (χ3v) is 2.22. The summed E-state index contributed by atoms with van der Waals surface area (Å²) in [5.41, 5.74) is 0.837. The lowest BCUT2D eigenvalue weighted by molar-refractivity contribution is -0.131. The number of hydrogen-bond acceptors (Lipinski definition) is 1. The maximum absolute atomic E-state index is 10.2. The molecule has 4 heteroatoms. The number of halogens is 2. The van der Waals surface area contributed by atoms with E-state index in [0.717, 1.165) is 20.6 Å². The summed E-state index contributed by atoms with van der Waals surface area (Å²) >= 11 is 6.62. The number of carboxylic acid groups (broad SMARTS) is 1. The Bertz CT molecular complexity index is 338. The fraction of sp³-hybridized carbons (Fsp3) is 0. The van der Waals surface area contributed by atoms with Crippen molar-refractivity contribution in [3.05, 3.63) is 38.8 Å². The van der Waals surface area contributed by atoms with Crippen LogP contribution < -0.4 is 0 Å². The molecule has 0 spiro atoms. The van der Waals surface area contributed by atoms with Crippen LogP contribution in [0.4, 0.5) is 0 Å². The second-order valence-electron chi connectivity index (χ2n) is 2.37. The first kappa shape index (κ1) is 10.5. The van der Waals surface area contributed by atoms with Crippen LogP contribution in [-0.2, 0) is 4.79 Å². The number of rotatable bonds is 2. The Hall–Kier alpha value is -0.610. The number of carboxylic acids is 1. The van der Waals surface area contributed by atoms with Gasteiger partial charge in [-0.15, -0.1) is 0 Å². The second kappa shape index (κ2) is 4.58. The molecule has 0 aliphatic heterocycles. The highest BCUT2D eigenvalue weighted by molar-refractivity contribution is 9.11. The Labute approximate surface area is 92.5 Å². The number of aliphatic carboxylic acids is 1. The molecule has 1 aromatic carbocycles. The first-order chi connectivity index (χ1) is 6.08. The van der Waals surface area contributed by atoms with Crippen LogP contribution in [0.2, 0.25) is 0 Å². The van der Waals surface area contributed by atoms with Gasteiger partial charge in [0.2, 0.25) is 0 Å². The summed E-state index contributed by atoms with van der Waals surface area (Å²) in [4.78, 5) is 10.2. The maximum atomic E-state index is 10.2. The second-order valence-corrected chi connectivity index (χ2v) is 4.21. The summed E-state index contributed by atoms with van der Waals surface area (Å²) < 4.78 is 1.82. The number of carbonyl (C=O) groups is 1. The van der Waals surface area contributed by atoms with Gasteiger partial charge >= 0.3 is 5.97 Å². The van der Waals surface area contributed by atoms with E-state index in [-0.39, 0.29) is 0 Å². The smallest absolute Gasteiger partial charge is 0.328 e. The average molecular weight is 306 g/mol. The molecule has 0 fully saturated rings. The average Bonchev–Trinajstić information content (AvgIpc) is 1.99. The van der Waals surface area contributed by atoms with Crippen molar-refractivity contribution in [1.29, 1.82) is 0 Å². The van der Waals surface area contributed by atoms with E-state index in [1.807, 2.05) is 18.2 Å². The predicted molar refractivity (Wildman–Crippen MR) is 58.5 cm³/mol. The fourth-order valence-electron chi connectivity index (χ4n) is 0.839. The van der Waals surface area contributed by atoms with E-state index in [0.29, 0.717) is 0 Å². The van der Waals surface area contributed by atoms with Crippen molar-refractivity contribution in [2.45, 2.75) is 0 Å². The van der Waals surface area contributed by atoms with Gasteiger partial charge in [-0.3, -0.25) is 0 Å². The quantitative estimate of drug-likeness (QED) is 0.851. The number of benzene rings is 1. The van der Waals surface area contributed by atoms with Crippen LogP contribution in [0.5, 0.6) is 0 Å². The molecule has 1 aromatic rings. The Morgan fingerprint density at radius 1 is 1.23 bits per heavy atom. The van der Waals surface area contributed by atoms with Gasteiger partial charge in [0.15, 0.2) is 0 Å². The van der Waals surface area contributed by atoms with Crippen LogP contribution in [0.25, 0.3) is 6.08 Å². The molecular weight excluding hydrogens is 300 g/mol. The molecule has 1 rings (SSSR count). The molecule has 0 atom stereocenters. The topological polar surface area (TPSA) is 37.3 Å². The van der Waals surface area contributed by atoms with E-state index in [9.17, 15) is 4.79 Å². The largest absolute Gasteiger partial charge is 0.478 e. The van der Waals surface area contributed by atoms with E-state index in [1.54, 1.807) is 0 Å². The molecule has 0 saturated heterocycles. The van der Waals surface area contributed by atoms with Gasteiger partial charge in [0.05, 0.1) is 0 Å². The molecule has 0 amide bonds. The summed E-state index contributed by atoms with van der Waals surface area (Å²) in [5, 5.41) is 8.40. The van der Waals surface area contributed by atoms with Gasteiger partial charge in [-0.2, -0.15) is 0 Å². The van der Waals surface area contributed by atoms with Crippen molar-refractivity contribution in [3.8, 4) is 0 Å². The Morgan fingerprint density at radius 3 is 2.23 bits per heavy atom. The Morgan fingerprint density at radius 2 is 1.77 bits per heavy atom. The zero-order valence-corrected chi connectivity index (χ0v) is 9.67. The van der Waals surface area contributed by atoms with Gasteiger partial charge in [0.25, 0.3) is 0 Å². The molecule has 68 valence electrons. The molecule has 0 radical (unpaired) electrons. The van der Waals surface area contributed by atoms with E-state index >= 15 is 0 Å². The first-order valence-corrected chi connectivity index (χ1v) is 5.03. The van der Waals surface area contributed by atoms with Crippen LogP contribution >= 0.6 is 31.9 Å². The molecule has 0 heterocycles. The molecule has 1 N–H and O–H groups in total. The lowest BCUT2D eigenvalue weighted by Crippen LogP contribution is -1.85. The highest BCUT2D eigenvalue weighted by Crippen LogP contribution is 2.20. The molecule has 0 bridgehead atoms. The zero-order chi connectivity index (χ0) is 9.84. The minimum atomic E-state index is -0.948. The van der Waals surface area contributed by atoms with Crippen molar-refractivity contribution in [2.75, 3.05) is 0 Å². The van der Waals surface area contributed by atoms with Crippen LogP contribution in [0.3, 0.4) is 0 Å². The van der Waals surface area contributed by atoms with E-state index in [2.05, 4.69) is 31.9 Å². The van der Waals surface area contributed by atoms with Gasteiger partial charge in [-0.05, 0) is 29.8 Å². The van der Waals surface area contributed by atoms with Crippen LogP contribution in [0.15, 0.2) is 33.2 Å². The SMILES string of the molecule is O=C(O)/C=C/c1cc(Br)cc(Br)c1. The molecular formula is C9H6Br2O2. The van der Waals surface area contributed by atoms with Gasteiger partial charge in [-0.1, -0.05) is 31.9 Å². The highest BCUT2D eigenvalue weighted by Gasteiger charge is 1.94. The molecule has 0 aromatic heterocycles. The molecule has 0 aliphatic carbocycles. The monoisotopic (exact) mass is 304 g/mol. The summed E-state index contributed by atoms with van der Waals surface area (Å²) in [6, 6.07) is 5.56. The van der Waals surface area contributed by atoms with Gasteiger partial charge in [0.1, 0.15) is 0 Å². The zero-order valence-electron chi connectivity index (χ0n) is 6.50. The summed E-state index contributed by atoms with van der Waals surface area (Å²) in [6.07, 6.45) is 2.64. The van der Waals surface area contributed by atoms with Gasteiger partial charge in [-0.25, -0.2) is 4.79 Å². The molecule has 0 aliphatic rings. The van der Waals surface area contributed by atoms with Crippen LogP contribution in [0, 0.1) is 0 Å². The van der Waals surface area contributed by atoms with E-state index in [4.69, 9.17) is 5.11 Å². The Balaban J connectivity index is 2.95. The van der Waals surface area contributed by atoms with Crippen molar-refractivity contribution >= 4 is 43.9 Å². The van der Waals surface area contributed by atoms with Crippen LogP contribution in [0.1, 0.15) is 5.56 Å².